The van der Waals surface area contributed by atoms with Crippen LogP contribution in [0, 0.1) is 0 Å². The third-order valence-corrected chi connectivity index (χ3v) is 2.41. The van der Waals surface area contributed by atoms with Gasteiger partial charge in [-0.1, -0.05) is 24.3 Å². The molecule has 1 aromatic carbocycles. The molecule has 0 aromatic heterocycles. The summed E-state index contributed by atoms with van der Waals surface area (Å²) in [5.74, 6) is 0. The second-order valence-electron chi connectivity index (χ2n) is 3.85. The van der Waals surface area contributed by atoms with Crippen molar-refractivity contribution in [2.45, 2.75) is 6.54 Å². The van der Waals surface area contributed by atoms with Gasteiger partial charge in [0, 0.05) is 20.2 Å². The summed E-state index contributed by atoms with van der Waals surface area (Å²) >= 11 is 0. The van der Waals surface area contributed by atoms with Crippen LogP contribution < -0.4 is 5.46 Å². The van der Waals surface area contributed by atoms with Gasteiger partial charge in [-0.25, -0.2) is 0 Å². The monoisotopic (exact) mass is 223 g/mol. The second-order valence-corrected chi connectivity index (χ2v) is 3.85. The average Bonchev–Trinajstić information content (AvgIpc) is 2.27. The number of methoxy groups -OCH3 is 1. The Hall–Kier alpha value is -0.875. The van der Waals surface area contributed by atoms with Gasteiger partial charge in [0.05, 0.1) is 6.61 Å². The van der Waals surface area contributed by atoms with E-state index < -0.39 is 7.12 Å². The lowest BCUT2D eigenvalue weighted by atomic mass is 9.80. The number of benzene rings is 1. The smallest absolute Gasteiger partial charge is 0.423 e. The Bertz CT molecular complexity index is 303. The number of nitrogens with zero attached hydrogens (tertiary/aromatic N) is 1. The predicted molar refractivity (Wildman–Crippen MR) is 64.5 cm³/mol. The van der Waals surface area contributed by atoms with Crippen molar-refractivity contribution in [2.75, 3.05) is 27.3 Å². The fourth-order valence-corrected chi connectivity index (χ4v) is 1.43. The first-order valence-corrected chi connectivity index (χ1v) is 5.26. The number of rotatable bonds is 6. The number of likely N-dealkylation sites (N-methyl/N-ethyl adjacent to an activating group) is 1. The van der Waals surface area contributed by atoms with Crippen molar-refractivity contribution >= 4 is 12.6 Å². The quantitative estimate of drug-likeness (QED) is 0.635. The van der Waals surface area contributed by atoms with Crippen molar-refractivity contribution in [1.82, 2.24) is 4.90 Å². The molecule has 0 bridgehead atoms. The van der Waals surface area contributed by atoms with Crippen LogP contribution in [0.25, 0.3) is 0 Å². The van der Waals surface area contributed by atoms with Gasteiger partial charge in [-0.15, -0.1) is 0 Å². The summed E-state index contributed by atoms with van der Waals surface area (Å²) in [5.41, 5.74) is 1.66. The highest BCUT2D eigenvalue weighted by molar-refractivity contribution is 6.58. The minimum Gasteiger partial charge on any atom is -0.423 e. The van der Waals surface area contributed by atoms with E-state index in [9.17, 15) is 0 Å². The van der Waals surface area contributed by atoms with Crippen LogP contribution in [0.2, 0.25) is 0 Å². The predicted octanol–water partition coefficient (Wildman–Crippen LogP) is -0.555. The lowest BCUT2D eigenvalue weighted by molar-refractivity contribution is 0.158. The van der Waals surface area contributed by atoms with Gasteiger partial charge in [-0.05, 0) is 18.1 Å². The van der Waals surface area contributed by atoms with Crippen molar-refractivity contribution < 1.29 is 14.8 Å². The molecule has 0 unspecified atom stereocenters. The van der Waals surface area contributed by atoms with Crippen LogP contribution in [0.4, 0.5) is 0 Å². The Labute approximate surface area is 96.6 Å². The van der Waals surface area contributed by atoms with Crippen LogP contribution in [0.1, 0.15) is 5.56 Å². The van der Waals surface area contributed by atoms with E-state index in [0.29, 0.717) is 12.1 Å². The molecule has 0 spiro atoms. The maximum absolute atomic E-state index is 8.94. The largest absolute Gasteiger partial charge is 0.488 e. The normalized spacial score (nSPS) is 10.8. The summed E-state index contributed by atoms with van der Waals surface area (Å²) in [5, 5.41) is 17.9. The zero-order valence-corrected chi connectivity index (χ0v) is 9.76. The van der Waals surface area contributed by atoms with Crippen molar-refractivity contribution in [3.8, 4) is 0 Å². The van der Waals surface area contributed by atoms with Gasteiger partial charge in [0.1, 0.15) is 0 Å². The van der Waals surface area contributed by atoms with Crippen molar-refractivity contribution in [1.29, 1.82) is 0 Å². The molecule has 2 N–H and O–H groups in total. The highest BCUT2D eigenvalue weighted by atomic mass is 16.5. The number of hydrogen-bond acceptors (Lipinski definition) is 4. The summed E-state index contributed by atoms with van der Waals surface area (Å²) in [7, 11) is 2.32. The molecule has 1 rings (SSSR count). The molecular formula is C11H18BNO3. The molecule has 0 atom stereocenters. The Morgan fingerprint density at radius 1 is 1.25 bits per heavy atom. The molecule has 0 radical (unpaired) electrons. The molecule has 0 aliphatic heterocycles. The summed E-state index contributed by atoms with van der Waals surface area (Å²) in [6.07, 6.45) is 0. The van der Waals surface area contributed by atoms with Gasteiger partial charge in [0.15, 0.2) is 0 Å². The van der Waals surface area contributed by atoms with Gasteiger partial charge in [-0.3, -0.25) is 4.90 Å². The zero-order valence-electron chi connectivity index (χ0n) is 9.76. The van der Waals surface area contributed by atoms with Crippen molar-refractivity contribution in [2.24, 2.45) is 0 Å². The Balaban J connectivity index is 2.48. The van der Waals surface area contributed by atoms with Crippen molar-refractivity contribution in [3.63, 3.8) is 0 Å². The van der Waals surface area contributed by atoms with E-state index in [4.69, 9.17) is 14.8 Å². The first kappa shape index (κ1) is 13.2. The van der Waals surface area contributed by atoms with Gasteiger partial charge < -0.3 is 14.8 Å². The van der Waals surface area contributed by atoms with Crippen LogP contribution in [0.3, 0.4) is 0 Å². The van der Waals surface area contributed by atoms with Crippen LogP contribution in [0.5, 0.6) is 0 Å². The summed E-state index contributed by atoms with van der Waals surface area (Å²) in [6, 6.07) is 7.25. The molecule has 0 aliphatic carbocycles. The Kier molecular flexibility index (Phi) is 5.48. The molecule has 4 nitrogen and oxygen atoms in total. The number of hydrogen-bond donors (Lipinski definition) is 2. The minimum atomic E-state index is -1.39. The third-order valence-electron chi connectivity index (χ3n) is 2.41. The van der Waals surface area contributed by atoms with Crippen LogP contribution in [-0.2, 0) is 11.3 Å². The molecule has 88 valence electrons. The number of ether oxygens (including phenoxy) is 1. The first-order valence-electron chi connectivity index (χ1n) is 5.26. The Morgan fingerprint density at radius 3 is 2.38 bits per heavy atom. The van der Waals surface area contributed by atoms with E-state index in [2.05, 4.69) is 4.90 Å². The van der Waals surface area contributed by atoms with E-state index in [1.54, 1.807) is 19.2 Å². The standard InChI is InChI=1S/C11H18BNO3/c1-13(7-8-16-2)9-10-3-5-11(6-4-10)12(14)15/h3-6,14-15H,7-9H2,1-2H3. The SMILES string of the molecule is COCCN(C)Cc1ccc(B(O)O)cc1. The van der Waals surface area contributed by atoms with E-state index in [1.165, 1.54) is 0 Å². The van der Waals surface area contributed by atoms with Gasteiger partial charge >= 0.3 is 7.12 Å². The van der Waals surface area contributed by atoms with E-state index >= 15 is 0 Å². The van der Waals surface area contributed by atoms with E-state index in [-0.39, 0.29) is 0 Å². The maximum atomic E-state index is 8.94. The lowest BCUT2D eigenvalue weighted by Crippen LogP contribution is -2.29. The average molecular weight is 223 g/mol. The molecule has 0 aliphatic rings. The molecule has 0 heterocycles. The molecule has 0 fully saturated rings. The highest BCUT2D eigenvalue weighted by Crippen LogP contribution is 2.01. The van der Waals surface area contributed by atoms with Gasteiger partial charge in [-0.2, -0.15) is 0 Å². The molecule has 0 saturated heterocycles. The van der Waals surface area contributed by atoms with E-state index in [0.717, 1.165) is 18.7 Å². The Morgan fingerprint density at radius 2 is 1.88 bits per heavy atom. The summed E-state index contributed by atoms with van der Waals surface area (Å²) in [4.78, 5) is 2.15. The molecular weight excluding hydrogens is 205 g/mol. The summed E-state index contributed by atoms with van der Waals surface area (Å²) in [6.45, 7) is 2.41. The highest BCUT2D eigenvalue weighted by Gasteiger charge is 2.09. The van der Waals surface area contributed by atoms with Gasteiger partial charge in [0.25, 0.3) is 0 Å². The minimum absolute atomic E-state index is 0.517. The molecule has 5 heteroatoms. The molecule has 1 aromatic rings. The van der Waals surface area contributed by atoms with Crippen LogP contribution in [0.15, 0.2) is 24.3 Å². The van der Waals surface area contributed by atoms with Gasteiger partial charge in [0.2, 0.25) is 0 Å². The summed E-state index contributed by atoms with van der Waals surface area (Å²) < 4.78 is 4.99. The van der Waals surface area contributed by atoms with Crippen molar-refractivity contribution in [3.05, 3.63) is 29.8 Å². The zero-order chi connectivity index (χ0) is 12.0. The fraction of sp³-hybridized carbons (Fsp3) is 0.455. The second kappa shape index (κ2) is 6.65. The first-order chi connectivity index (χ1) is 7.63. The van der Waals surface area contributed by atoms with E-state index in [1.807, 2.05) is 19.2 Å². The lowest BCUT2D eigenvalue weighted by Gasteiger charge is -2.16. The maximum Gasteiger partial charge on any atom is 0.488 e. The molecule has 0 amide bonds. The molecule has 0 saturated carbocycles. The van der Waals surface area contributed by atoms with Crippen LogP contribution >= 0.6 is 0 Å². The van der Waals surface area contributed by atoms with Crippen LogP contribution in [-0.4, -0.2) is 49.4 Å². The third kappa shape index (κ3) is 4.32. The topological polar surface area (TPSA) is 52.9 Å². The molecule has 16 heavy (non-hydrogen) atoms. The fourth-order valence-electron chi connectivity index (χ4n) is 1.43.